The summed E-state index contributed by atoms with van der Waals surface area (Å²) >= 11 is 11.8. The molecule has 1 heterocycles. The van der Waals surface area contributed by atoms with E-state index in [9.17, 15) is 4.79 Å². The zero-order valence-electron chi connectivity index (χ0n) is 12.4. The number of carbonyl (C=O) groups is 1. The maximum absolute atomic E-state index is 12.2. The van der Waals surface area contributed by atoms with Crippen LogP contribution in [-0.4, -0.2) is 26.8 Å². The summed E-state index contributed by atoms with van der Waals surface area (Å²) in [6, 6.07) is 4.51. The van der Waals surface area contributed by atoms with Gasteiger partial charge in [-0.05, 0) is 32.0 Å². The second kappa shape index (κ2) is 6.98. The first-order chi connectivity index (χ1) is 10.4. The molecule has 0 spiro atoms. The highest BCUT2D eigenvalue weighted by atomic mass is 35.5. The van der Waals surface area contributed by atoms with Crippen molar-refractivity contribution in [3.63, 3.8) is 0 Å². The van der Waals surface area contributed by atoms with E-state index in [2.05, 4.69) is 15.5 Å². The molecule has 0 aliphatic heterocycles. The van der Waals surface area contributed by atoms with E-state index >= 15 is 0 Å². The maximum Gasteiger partial charge on any atom is 0.261 e. The third-order valence-electron chi connectivity index (χ3n) is 3.01. The van der Waals surface area contributed by atoms with Crippen molar-refractivity contribution >= 4 is 29.1 Å². The van der Waals surface area contributed by atoms with Crippen LogP contribution in [0, 0.1) is 0 Å². The molecule has 1 aromatic carbocycles. The van der Waals surface area contributed by atoms with Crippen LogP contribution in [0.5, 0.6) is 5.75 Å². The molecule has 0 fully saturated rings. The molecule has 0 radical (unpaired) electrons. The molecule has 1 aromatic heterocycles. The van der Waals surface area contributed by atoms with E-state index in [4.69, 9.17) is 27.9 Å². The van der Waals surface area contributed by atoms with Crippen LogP contribution in [0.4, 0.5) is 0 Å². The van der Waals surface area contributed by atoms with Gasteiger partial charge in [0, 0.05) is 17.1 Å². The van der Waals surface area contributed by atoms with Gasteiger partial charge >= 0.3 is 0 Å². The normalized spacial score (nSPS) is 13.5. The molecule has 2 atom stereocenters. The Balaban J connectivity index is 1.98. The predicted molar refractivity (Wildman–Crippen MR) is 84.1 cm³/mol. The van der Waals surface area contributed by atoms with Gasteiger partial charge in [-0.1, -0.05) is 23.2 Å². The number of rotatable bonds is 5. The Morgan fingerprint density at radius 1 is 1.27 bits per heavy atom. The highest BCUT2D eigenvalue weighted by Crippen LogP contribution is 2.25. The fraction of sp³-hybridized carbons (Fsp3) is 0.357. The average Bonchev–Trinajstić information content (AvgIpc) is 2.83. The van der Waals surface area contributed by atoms with Gasteiger partial charge in [0.25, 0.3) is 5.91 Å². The summed E-state index contributed by atoms with van der Waals surface area (Å²) in [6.45, 7) is 3.47. The predicted octanol–water partition coefficient (Wildman–Crippen LogP) is 2.77. The SMILES string of the molecule is C[C@H](NC(=O)[C@@H](C)Oc1cc(Cl)cc(Cl)c1)c1nncn1C. The molecular formula is C14H16Cl2N4O2. The van der Waals surface area contributed by atoms with Crippen molar-refractivity contribution in [2.45, 2.75) is 26.0 Å². The zero-order chi connectivity index (χ0) is 16.3. The lowest BCUT2D eigenvalue weighted by Crippen LogP contribution is -2.38. The van der Waals surface area contributed by atoms with E-state index in [0.29, 0.717) is 21.6 Å². The maximum atomic E-state index is 12.2. The Bertz CT molecular complexity index is 654. The Morgan fingerprint density at radius 2 is 1.91 bits per heavy atom. The summed E-state index contributed by atoms with van der Waals surface area (Å²) in [5.74, 6) is 0.824. The first-order valence-corrected chi connectivity index (χ1v) is 7.39. The molecule has 0 bridgehead atoms. The first kappa shape index (κ1) is 16.6. The number of hydrogen-bond donors (Lipinski definition) is 1. The monoisotopic (exact) mass is 342 g/mol. The van der Waals surface area contributed by atoms with E-state index in [1.54, 1.807) is 36.0 Å². The van der Waals surface area contributed by atoms with E-state index in [0.717, 1.165) is 0 Å². The number of benzene rings is 1. The summed E-state index contributed by atoms with van der Waals surface area (Å²) in [4.78, 5) is 12.2. The lowest BCUT2D eigenvalue weighted by molar-refractivity contribution is -0.128. The molecule has 2 aromatic rings. The number of halogens is 2. The van der Waals surface area contributed by atoms with Crippen molar-refractivity contribution in [3.05, 3.63) is 40.4 Å². The smallest absolute Gasteiger partial charge is 0.261 e. The molecule has 6 nitrogen and oxygen atoms in total. The summed E-state index contributed by atoms with van der Waals surface area (Å²) in [5, 5.41) is 11.5. The van der Waals surface area contributed by atoms with Gasteiger partial charge in [-0.25, -0.2) is 0 Å². The van der Waals surface area contributed by atoms with Crippen LogP contribution in [0.3, 0.4) is 0 Å². The summed E-state index contributed by atoms with van der Waals surface area (Å²) in [6.07, 6.45) is 0.872. The first-order valence-electron chi connectivity index (χ1n) is 6.64. The van der Waals surface area contributed by atoms with E-state index in [-0.39, 0.29) is 11.9 Å². The molecule has 1 N–H and O–H groups in total. The minimum Gasteiger partial charge on any atom is -0.481 e. The molecule has 22 heavy (non-hydrogen) atoms. The number of hydrogen-bond acceptors (Lipinski definition) is 4. The molecule has 0 aliphatic rings. The second-order valence-electron chi connectivity index (χ2n) is 4.90. The second-order valence-corrected chi connectivity index (χ2v) is 5.77. The minimum atomic E-state index is -0.704. The van der Waals surface area contributed by atoms with Crippen LogP contribution in [-0.2, 0) is 11.8 Å². The highest BCUT2D eigenvalue weighted by Gasteiger charge is 2.20. The van der Waals surface area contributed by atoms with E-state index < -0.39 is 6.10 Å². The topological polar surface area (TPSA) is 69.0 Å². The standard InChI is InChI=1S/C14H16Cl2N4O2/c1-8(13-19-17-7-20(13)3)18-14(21)9(2)22-12-5-10(15)4-11(16)6-12/h4-9H,1-3H3,(H,18,21)/t8-,9+/m0/s1. The summed E-state index contributed by atoms with van der Waals surface area (Å²) in [5.41, 5.74) is 0. The van der Waals surface area contributed by atoms with Crippen LogP contribution >= 0.6 is 23.2 Å². The zero-order valence-corrected chi connectivity index (χ0v) is 13.9. The van der Waals surface area contributed by atoms with Gasteiger partial charge in [0.15, 0.2) is 11.9 Å². The van der Waals surface area contributed by atoms with Gasteiger partial charge in [0.2, 0.25) is 0 Å². The van der Waals surface area contributed by atoms with Crippen molar-refractivity contribution in [1.29, 1.82) is 0 Å². The van der Waals surface area contributed by atoms with Gasteiger partial charge in [0.05, 0.1) is 6.04 Å². The molecule has 1 amide bonds. The summed E-state index contributed by atoms with van der Waals surface area (Å²) in [7, 11) is 1.81. The molecule has 0 saturated carbocycles. The van der Waals surface area contributed by atoms with Crippen molar-refractivity contribution in [1.82, 2.24) is 20.1 Å². The van der Waals surface area contributed by atoms with Crippen molar-refractivity contribution in [3.8, 4) is 5.75 Å². The van der Waals surface area contributed by atoms with Crippen molar-refractivity contribution in [2.24, 2.45) is 7.05 Å². The van der Waals surface area contributed by atoms with Gasteiger partial charge in [0.1, 0.15) is 12.1 Å². The molecule has 2 rings (SSSR count). The highest BCUT2D eigenvalue weighted by molar-refractivity contribution is 6.34. The molecule has 0 unspecified atom stereocenters. The third kappa shape index (κ3) is 4.11. The Hall–Kier alpha value is -1.79. The number of nitrogens with zero attached hydrogens (tertiary/aromatic N) is 3. The van der Waals surface area contributed by atoms with Crippen molar-refractivity contribution in [2.75, 3.05) is 0 Å². The number of aryl methyl sites for hydroxylation is 1. The Kier molecular flexibility index (Phi) is 5.26. The largest absolute Gasteiger partial charge is 0.481 e. The number of ether oxygens (including phenoxy) is 1. The quantitative estimate of drug-likeness (QED) is 0.906. The van der Waals surface area contributed by atoms with Gasteiger partial charge in [-0.2, -0.15) is 0 Å². The van der Waals surface area contributed by atoms with E-state index in [1.165, 1.54) is 0 Å². The number of nitrogens with one attached hydrogen (secondary N) is 1. The fourth-order valence-electron chi connectivity index (χ4n) is 1.93. The lowest BCUT2D eigenvalue weighted by Gasteiger charge is -2.18. The molecule has 0 saturated heterocycles. The Morgan fingerprint density at radius 3 is 2.45 bits per heavy atom. The molecule has 118 valence electrons. The van der Waals surface area contributed by atoms with E-state index in [1.807, 2.05) is 14.0 Å². The fourth-order valence-corrected chi connectivity index (χ4v) is 2.44. The van der Waals surface area contributed by atoms with Crippen LogP contribution < -0.4 is 10.1 Å². The van der Waals surface area contributed by atoms with Gasteiger partial charge in [-0.15, -0.1) is 10.2 Å². The number of amides is 1. The molecule has 0 aliphatic carbocycles. The summed E-state index contributed by atoms with van der Waals surface area (Å²) < 4.78 is 7.31. The lowest BCUT2D eigenvalue weighted by atomic mass is 10.2. The van der Waals surface area contributed by atoms with Crippen LogP contribution in [0.25, 0.3) is 0 Å². The van der Waals surface area contributed by atoms with Crippen LogP contribution in [0.15, 0.2) is 24.5 Å². The van der Waals surface area contributed by atoms with Gasteiger partial charge in [-0.3, -0.25) is 4.79 Å². The van der Waals surface area contributed by atoms with Crippen molar-refractivity contribution < 1.29 is 9.53 Å². The minimum absolute atomic E-state index is 0.272. The van der Waals surface area contributed by atoms with Gasteiger partial charge < -0.3 is 14.6 Å². The number of carbonyl (C=O) groups excluding carboxylic acids is 1. The Labute approximate surface area is 138 Å². The van der Waals surface area contributed by atoms with Crippen LogP contribution in [0.2, 0.25) is 10.0 Å². The van der Waals surface area contributed by atoms with Crippen LogP contribution in [0.1, 0.15) is 25.7 Å². The molecule has 8 heteroatoms. The molecular weight excluding hydrogens is 327 g/mol. The average molecular weight is 343 g/mol. The third-order valence-corrected chi connectivity index (χ3v) is 3.45. The number of aromatic nitrogens is 3.